The first-order valence-corrected chi connectivity index (χ1v) is 6.44. The van der Waals surface area contributed by atoms with Crippen LogP contribution >= 0.6 is 0 Å². The van der Waals surface area contributed by atoms with Crippen LogP contribution in [0.25, 0.3) is 5.57 Å². The Morgan fingerprint density at radius 1 is 1.19 bits per heavy atom. The molecule has 0 spiro atoms. The average molecular weight is 279 g/mol. The van der Waals surface area contributed by atoms with Crippen molar-refractivity contribution >= 4 is 17.7 Å². The van der Waals surface area contributed by atoms with Gasteiger partial charge >= 0.3 is 0 Å². The Balaban J connectivity index is 1.63. The lowest BCUT2D eigenvalue weighted by Crippen LogP contribution is -2.43. The average Bonchev–Trinajstić information content (AvgIpc) is 2.57. The maximum atomic E-state index is 12.0. The van der Waals surface area contributed by atoms with Crippen LogP contribution in [-0.4, -0.2) is 28.4 Å². The molecule has 1 aliphatic rings. The SMILES string of the molecule is O=C(NC1N=CC(c2ccccn2)=CN1)c1cccnc1. The summed E-state index contributed by atoms with van der Waals surface area (Å²) in [4.78, 5) is 24.4. The zero-order valence-corrected chi connectivity index (χ0v) is 11.1. The smallest absolute Gasteiger partial charge is 0.255 e. The summed E-state index contributed by atoms with van der Waals surface area (Å²) in [6.07, 6.45) is 7.83. The van der Waals surface area contributed by atoms with Gasteiger partial charge in [-0.15, -0.1) is 0 Å². The molecule has 21 heavy (non-hydrogen) atoms. The molecule has 6 nitrogen and oxygen atoms in total. The zero-order chi connectivity index (χ0) is 14.5. The lowest BCUT2D eigenvalue weighted by Gasteiger charge is -2.19. The maximum Gasteiger partial charge on any atom is 0.255 e. The van der Waals surface area contributed by atoms with E-state index in [9.17, 15) is 4.79 Å². The number of hydrogen-bond donors (Lipinski definition) is 2. The highest BCUT2D eigenvalue weighted by atomic mass is 16.2. The summed E-state index contributed by atoms with van der Waals surface area (Å²) in [5, 5.41) is 5.77. The summed E-state index contributed by atoms with van der Waals surface area (Å²) in [5.41, 5.74) is 2.18. The van der Waals surface area contributed by atoms with Gasteiger partial charge in [0.05, 0.1) is 11.3 Å². The van der Waals surface area contributed by atoms with Gasteiger partial charge in [-0.2, -0.15) is 0 Å². The lowest BCUT2D eigenvalue weighted by atomic mass is 10.2. The van der Waals surface area contributed by atoms with Crippen LogP contribution in [0.4, 0.5) is 0 Å². The first-order valence-electron chi connectivity index (χ1n) is 6.44. The molecule has 0 aromatic carbocycles. The molecular formula is C15H13N5O. The van der Waals surface area contributed by atoms with Gasteiger partial charge in [-0.05, 0) is 24.3 Å². The second kappa shape index (κ2) is 5.96. The molecule has 1 atom stereocenters. The van der Waals surface area contributed by atoms with E-state index in [1.54, 1.807) is 36.9 Å². The number of nitrogens with one attached hydrogen (secondary N) is 2. The number of nitrogens with zero attached hydrogens (tertiary/aromatic N) is 3. The topological polar surface area (TPSA) is 79.3 Å². The van der Waals surface area contributed by atoms with Crippen molar-refractivity contribution in [3.05, 3.63) is 66.4 Å². The monoisotopic (exact) mass is 279 g/mol. The maximum absolute atomic E-state index is 12.0. The second-order valence-electron chi connectivity index (χ2n) is 4.38. The number of aromatic nitrogens is 2. The van der Waals surface area contributed by atoms with Gasteiger partial charge in [-0.1, -0.05) is 6.07 Å². The van der Waals surface area contributed by atoms with Gasteiger partial charge in [0.25, 0.3) is 5.91 Å². The Bertz CT molecular complexity index is 682. The van der Waals surface area contributed by atoms with Gasteiger partial charge in [0, 0.05) is 36.6 Å². The van der Waals surface area contributed by atoms with Crippen LogP contribution in [0.3, 0.4) is 0 Å². The number of amides is 1. The summed E-state index contributed by atoms with van der Waals surface area (Å²) in [6, 6.07) is 9.07. The molecule has 0 fully saturated rings. The molecule has 6 heteroatoms. The molecule has 0 saturated carbocycles. The molecular weight excluding hydrogens is 266 g/mol. The van der Waals surface area contributed by atoms with Gasteiger partial charge in [0.15, 0.2) is 6.29 Å². The number of rotatable bonds is 3. The minimum Gasteiger partial charge on any atom is -0.352 e. The van der Waals surface area contributed by atoms with Gasteiger partial charge in [0.2, 0.25) is 0 Å². The molecule has 0 radical (unpaired) electrons. The second-order valence-corrected chi connectivity index (χ2v) is 4.38. The number of carbonyl (C=O) groups excluding carboxylic acids is 1. The summed E-state index contributed by atoms with van der Waals surface area (Å²) in [6.45, 7) is 0. The predicted octanol–water partition coefficient (Wildman–Crippen LogP) is 1.21. The number of hydrogen-bond acceptors (Lipinski definition) is 5. The van der Waals surface area contributed by atoms with E-state index in [1.165, 1.54) is 6.20 Å². The number of pyridine rings is 2. The third-order valence-corrected chi connectivity index (χ3v) is 2.91. The zero-order valence-electron chi connectivity index (χ0n) is 11.1. The highest BCUT2D eigenvalue weighted by Crippen LogP contribution is 2.10. The molecule has 2 aromatic heterocycles. The molecule has 3 heterocycles. The van der Waals surface area contributed by atoms with E-state index >= 15 is 0 Å². The van der Waals surface area contributed by atoms with E-state index in [0.29, 0.717) is 5.56 Å². The molecule has 1 amide bonds. The van der Waals surface area contributed by atoms with E-state index in [1.807, 2.05) is 18.2 Å². The molecule has 0 aliphatic carbocycles. The Hall–Kier alpha value is -3.02. The molecule has 2 aromatic rings. The molecule has 1 aliphatic heterocycles. The van der Waals surface area contributed by atoms with Gasteiger partial charge in [-0.3, -0.25) is 14.8 Å². The molecule has 2 N–H and O–H groups in total. The van der Waals surface area contributed by atoms with Crippen molar-refractivity contribution in [2.45, 2.75) is 6.29 Å². The molecule has 3 rings (SSSR count). The fraction of sp³-hybridized carbons (Fsp3) is 0.0667. The van der Waals surface area contributed by atoms with Crippen LogP contribution in [0, 0.1) is 0 Å². The van der Waals surface area contributed by atoms with E-state index in [-0.39, 0.29) is 5.91 Å². The quantitative estimate of drug-likeness (QED) is 0.885. The van der Waals surface area contributed by atoms with Gasteiger partial charge in [0.1, 0.15) is 0 Å². The van der Waals surface area contributed by atoms with Crippen LogP contribution in [0.1, 0.15) is 16.1 Å². The van der Waals surface area contributed by atoms with E-state index < -0.39 is 6.29 Å². The minimum atomic E-state index is -0.495. The van der Waals surface area contributed by atoms with Crippen molar-refractivity contribution in [1.29, 1.82) is 0 Å². The van der Waals surface area contributed by atoms with Crippen molar-refractivity contribution in [2.24, 2.45) is 4.99 Å². The van der Waals surface area contributed by atoms with Crippen molar-refractivity contribution in [1.82, 2.24) is 20.6 Å². The van der Waals surface area contributed by atoms with Crippen molar-refractivity contribution in [3.63, 3.8) is 0 Å². The van der Waals surface area contributed by atoms with E-state index in [0.717, 1.165) is 11.3 Å². The fourth-order valence-electron chi connectivity index (χ4n) is 1.86. The predicted molar refractivity (Wildman–Crippen MR) is 79.3 cm³/mol. The van der Waals surface area contributed by atoms with Crippen LogP contribution in [0.2, 0.25) is 0 Å². The standard InChI is InChI=1S/C15H13N5O/c21-14(11-4-3-6-16-8-11)20-15-18-9-12(10-19-15)13-5-1-2-7-17-13/h1-10,15,18H,(H,20,21). The van der Waals surface area contributed by atoms with E-state index in [2.05, 4.69) is 25.6 Å². The summed E-state index contributed by atoms with van der Waals surface area (Å²) in [7, 11) is 0. The Labute approximate surface area is 121 Å². The highest BCUT2D eigenvalue weighted by Gasteiger charge is 2.14. The van der Waals surface area contributed by atoms with Crippen molar-refractivity contribution < 1.29 is 4.79 Å². The highest BCUT2D eigenvalue weighted by molar-refractivity contribution is 6.09. The largest absolute Gasteiger partial charge is 0.352 e. The van der Waals surface area contributed by atoms with Crippen LogP contribution in [-0.2, 0) is 0 Å². The lowest BCUT2D eigenvalue weighted by molar-refractivity contribution is 0.0934. The normalized spacial score (nSPS) is 16.8. The van der Waals surface area contributed by atoms with E-state index in [4.69, 9.17) is 0 Å². The molecule has 1 unspecified atom stereocenters. The molecule has 104 valence electrons. The Kier molecular flexibility index (Phi) is 3.68. The molecule has 0 bridgehead atoms. The first kappa shape index (κ1) is 13.0. The fourth-order valence-corrected chi connectivity index (χ4v) is 1.86. The number of carbonyl (C=O) groups is 1. The Morgan fingerprint density at radius 3 is 2.81 bits per heavy atom. The van der Waals surface area contributed by atoms with Crippen LogP contribution in [0.5, 0.6) is 0 Å². The number of aliphatic imine (C=N–C) groups is 1. The van der Waals surface area contributed by atoms with Gasteiger partial charge < -0.3 is 10.6 Å². The number of allylic oxidation sites excluding steroid dienone is 1. The van der Waals surface area contributed by atoms with Crippen molar-refractivity contribution in [3.8, 4) is 0 Å². The summed E-state index contributed by atoms with van der Waals surface area (Å²) >= 11 is 0. The Morgan fingerprint density at radius 2 is 2.14 bits per heavy atom. The molecule has 0 saturated heterocycles. The van der Waals surface area contributed by atoms with Crippen LogP contribution in [0.15, 0.2) is 60.1 Å². The van der Waals surface area contributed by atoms with Crippen molar-refractivity contribution in [2.75, 3.05) is 0 Å². The van der Waals surface area contributed by atoms with Crippen LogP contribution < -0.4 is 10.6 Å². The minimum absolute atomic E-state index is 0.229. The summed E-state index contributed by atoms with van der Waals surface area (Å²) in [5.74, 6) is -0.229. The van der Waals surface area contributed by atoms with Gasteiger partial charge in [-0.25, -0.2) is 4.99 Å². The third-order valence-electron chi connectivity index (χ3n) is 2.91. The first-order chi connectivity index (χ1) is 10.3. The summed E-state index contributed by atoms with van der Waals surface area (Å²) < 4.78 is 0. The third kappa shape index (κ3) is 3.11.